The molecular formula is C12H17N. The maximum absolute atomic E-state index is 3.54. The minimum Gasteiger partial charge on any atom is -0.310 e. The summed E-state index contributed by atoms with van der Waals surface area (Å²) in [6.45, 7) is 5.61. The summed E-state index contributed by atoms with van der Waals surface area (Å²) in [4.78, 5) is 0. The predicted octanol–water partition coefficient (Wildman–Crippen LogP) is 2.67. The zero-order chi connectivity index (χ0) is 9.26. The molecule has 1 saturated heterocycles. The van der Waals surface area contributed by atoms with Crippen LogP contribution in [-0.4, -0.2) is 6.54 Å². The fourth-order valence-electron chi connectivity index (χ4n) is 1.97. The second kappa shape index (κ2) is 3.51. The Morgan fingerprint density at radius 2 is 1.92 bits per heavy atom. The number of hydrogen-bond donors (Lipinski definition) is 1. The molecule has 0 amide bonds. The lowest BCUT2D eigenvalue weighted by atomic mass is 10.0. The van der Waals surface area contributed by atoms with Crippen LogP contribution in [0.1, 0.15) is 30.5 Å². The van der Waals surface area contributed by atoms with Crippen LogP contribution in [0.25, 0.3) is 0 Å². The van der Waals surface area contributed by atoms with Gasteiger partial charge in [-0.05, 0) is 31.4 Å². The Kier molecular flexibility index (Phi) is 2.36. The number of benzene rings is 1. The Labute approximate surface area is 80.2 Å². The van der Waals surface area contributed by atoms with Gasteiger partial charge in [0.05, 0.1) is 0 Å². The normalized spacial score (nSPS) is 27.8. The lowest BCUT2D eigenvalue weighted by Crippen LogP contribution is -2.13. The second-order valence-electron chi connectivity index (χ2n) is 4.21. The van der Waals surface area contributed by atoms with Crippen molar-refractivity contribution in [3.05, 3.63) is 35.4 Å². The lowest BCUT2D eigenvalue weighted by Gasteiger charge is -2.10. The van der Waals surface area contributed by atoms with Gasteiger partial charge in [0.25, 0.3) is 0 Å². The van der Waals surface area contributed by atoms with Crippen molar-refractivity contribution >= 4 is 0 Å². The molecule has 1 N–H and O–H groups in total. The molecule has 0 aromatic heterocycles. The third-order valence-corrected chi connectivity index (χ3v) is 2.83. The number of hydrogen-bond acceptors (Lipinski definition) is 1. The van der Waals surface area contributed by atoms with Crippen LogP contribution in [0.5, 0.6) is 0 Å². The molecule has 0 spiro atoms. The van der Waals surface area contributed by atoms with Crippen molar-refractivity contribution in [1.82, 2.24) is 5.32 Å². The van der Waals surface area contributed by atoms with Crippen molar-refractivity contribution in [3.63, 3.8) is 0 Å². The third kappa shape index (κ3) is 1.92. The van der Waals surface area contributed by atoms with Crippen LogP contribution < -0.4 is 5.32 Å². The van der Waals surface area contributed by atoms with E-state index in [2.05, 4.69) is 43.4 Å². The van der Waals surface area contributed by atoms with Crippen molar-refractivity contribution < 1.29 is 0 Å². The Bertz CT molecular complexity index is 276. The quantitative estimate of drug-likeness (QED) is 0.692. The SMILES string of the molecule is Cc1ccc(C2CC(C)CN2)cc1. The first-order chi connectivity index (χ1) is 6.25. The van der Waals surface area contributed by atoms with E-state index in [0.29, 0.717) is 6.04 Å². The van der Waals surface area contributed by atoms with Gasteiger partial charge in [0.1, 0.15) is 0 Å². The molecular weight excluding hydrogens is 158 g/mol. The topological polar surface area (TPSA) is 12.0 Å². The maximum Gasteiger partial charge on any atom is 0.0323 e. The Morgan fingerprint density at radius 1 is 1.23 bits per heavy atom. The zero-order valence-corrected chi connectivity index (χ0v) is 8.38. The van der Waals surface area contributed by atoms with Gasteiger partial charge in [-0.3, -0.25) is 0 Å². The second-order valence-corrected chi connectivity index (χ2v) is 4.21. The summed E-state index contributed by atoms with van der Waals surface area (Å²) in [6, 6.07) is 9.46. The molecule has 1 fully saturated rings. The van der Waals surface area contributed by atoms with Crippen LogP contribution in [0.4, 0.5) is 0 Å². The standard InChI is InChI=1S/C12H17N/c1-9-3-5-11(6-4-9)12-7-10(2)8-13-12/h3-6,10,12-13H,7-8H2,1-2H3. The molecule has 0 bridgehead atoms. The molecule has 1 heteroatoms. The molecule has 13 heavy (non-hydrogen) atoms. The molecule has 1 nitrogen and oxygen atoms in total. The molecule has 2 unspecified atom stereocenters. The van der Waals surface area contributed by atoms with Crippen molar-refractivity contribution in [3.8, 4) is 0 Å². The van der Waals surface area contributed by atoms with Gasteiger partial charge in [0.2, 0.25) is 0 Å². The van der Waals surface area contributed by atoms with Crippen LogP contribution >= 0.6 is 0 Å². The van der Waals surface area contributed by atoms with Crippen LogP contribution in [0.2, 0.25) is 0 Å². The van der Waals surface area contributed by atoms with Crippen LogP contribution in [0.3, 0.4) is 0 Å². The highest BCUT2D eigenvalue weighted by molar-refractivity contribution is 5.24. The predicted molar refractivity (Wildman–Crippen MR) is 55.7 cm³/mol. The first-order valence-corrected chi connectivity index (χ1v) is 5.05. The van der Waals surface area contributed by atoms with Crippen molar-refractivity contribution in [2.24, 2.45) is 5.92 Å². The van der Waals surface area contributed by atoms with E-state index in [0.717, 1.165) is 5.92 Å². The van der Waals surface area contributed by atoms with Gasteiger partial charge in [-0.1, -0.05) is 36.8 Å². The van der Waals surface area contributed by atoms with Crippen molar-refractivity contribution in [2.45, 2.75) is 26.3 Å². The van der Waals surface area contributed by atoms with Gasteiger partial charge in [-0.25, -0.2) is 0 Å². The summed E-state index contributed by atoms with van der Waals surface area (Å²) < 4.78 is 0. The van der Waals surface area contributed by atoms with E-state index in [9.17, 15) is 0 Å². The molecule has 1 aromatic carbocycles. The molecule has 70 valence electrons. The largest absolute Gasteiger partial charge is 0.310 e. The van der Waals surface area contributed by atoms with Gasteiger partial charge in [0, 0.05) is 6.04 Å². The fraction of sp³-hybridized carbons (Fsp3) is 0.500. The Balaban J connectivity index is 2.13. The van der Waals surface area contributed by atoms with E-state index in [1.54, 1.807) is 0 Å². The summed E-state index contributed by atoms with van der Waals surface area (Å²) >= 11 is 0. The summed E-state index contributed by atoms with van der Waals surface area (Å²) in [5.74, 6) is 0.825. The molecule has 0 radical (unpaired) electrons. The average Bonchev–Trinajstić information content (AvgIpc) is 2.53. The minimum atomic E-state index is 0.593. The summed E-state index contributed by atoms with van der Waals surface area (Å²) in [5, 5.41) is 3.54. The van der Waals surface area contributed by atoms with E-state index in [4.69, 9.17) is 0 Å². The maximum atomic E-state index is 3.54. The Morgan fingerprint density at radius 3 is 2.46 bits per heavy atom. The minimum absolute atomic E-state index is 0.593. The van der Waals surface area contributed by atoms with Crippen LogP contribution in [-0.2, 0) is 0 Å². The molecule has 1 aliphatic rings. The third-order valence-electron chi connectivity index (χ3n) is 2.83. The fourth-order valence-corrected chi connectivity index (χ4v) is 1.97. The van der Waals surface area contributed by atoms with E-state index >= 15 is 0 Å². The van der Waals surface area contributed by atoms with Gasteiger partial charge >= 0.3 is 0 Å². The van der Waals surface area contributed by atoms with Crippen LogP contribution in [0.15, 0.2) is 24.3 Å². The molecule has 1 aliphatic heterocycles. The highest BCUT2D eigenvalue weighted by Crippen LogP contribution is 2.26. The monoisotopic (exact) mass is 175 g/mol. The molecule has 0 saturated carbocycles. The average molecular weight is 175 g/mol. The number of nitrogens with one attached hydrogen (secondary N) is 1. The van der Waals surface area contributed by atoms with Gasteiger partial charge in [0.15, 0.2) is 0 Å². The van der Waals surface area contributed by atoms with E-state index in [1.165, 1.54) is 24.1 Å². The summed E-state index contributed by atoms with van der Waals surface area (Å²) in [5.41, 5.74) is 2.78. The van der Waals surface area contributed by atoms with Gasteiger partial charge in [-0.2, -0.15) is 0 Å². The highest BCUT2D eigenvalue weighted by Gasteiger charge is 2.21. The molecule has 0 aliphatic carbocycles. The molecule has 1 heterocycles. The summed E-state index contributed by atoms with van der Waals surface area (Å²) in [7, 11) is 0. The van der Waals surface area contributed by atoms with Crippen LogP contribution in [0, 0.1) is 12.8 Å². The smallest absolute Gasteiger partial charge is 0.0323 e. The zero-order valence-electron chi connectivity index (χ0n) is 8.38. The number of rotatable bonds is 1. The first kappa shape index (κ1) is 8.76. The lowest BCUT2D eigenvalue weighted by molar-refractivity contribution is 0.612. The van der Waals surface area contributed by atoms with E-state index in [-0.39, 0.29) is 0 Å². The van der Waals surface area contributed by atoms with Gasteiger partial charge < -0.3 is 5.32 Å². The first-order valence-electron chi connectivity index (χ1n) is 5.05. The Hall–Kier alpha value is -0.820. The van der Waals surface area contributed by atoms with Gasteiger partial charge in [-0.15, -0.1) is 0 Å². The highest BCUT2D eigenvalue weighted by atomic mass is 14.9. The molecule has 2 rings (SSSR count). The van der Waals surface area contributed by atoms with Crippen molar-refractivity contribution in [2.75, 3.05) is 6.54 Å². The summed E-state index contributed by atoms with van der Waals surface area (Å²) in [6.07, 6.45) is 1.28. The van der Waals surface area contributed by atoms with Crippen molar-refractivity contribution in [1.29, 1.82) is 0 Å². The van der Waals surface area contributed by atoms with E-state index in [1.807, 2.05) is 0 Å². The number of aryl methyl sites for hydroxylation is 1. The molecule has 1 aromatic rings. The molecule has 2 atom stereocenters. The van der Waals surface area contributed by atoms with E-state index < -0.39 is 0 Å².